The van der Waals surface area contributed by atoms with Crippen LogP contribution in [0.1, 0.15) is 48.6 Å². The van der Waals surface area contributed by atoms with E-state index in [4.69, 9.17) is 9.72 Å². The molecular formula is C56H48BN5O. The SMILES string of the molecule is Cc1cc(C)cc(C2=CB3C(N4CN(c5cccc(Oc6ccc7c8ccccc8n(-c8cc(C(C)(C)C)ccn8)c7c6)c5)c5ccccc54)=C(c4ccccc4)C=CN3C=C2)c1. The summed E-state index contributed by atoms with van der Waals surface area (Å²) in [6, 6.07) is 54.2. The van der Waals surface area contributed by atoms with Crippen LogP contribution in [0.2, 0.25) is 0 Å². The Morgan fingerprint density at radius 1 is 0.603 bits per heavy atom. The van der Waals surface area contributed by atoms with Crippen molar-refractivity contribution in [1.82, 2.24) is 14.4 Å². The standard InChI is InChI=1S/C56H48BN5O/c1-38-30-39(2)32-42(31-38)41-25-28-59-29-26-47(40-14-7-6-8-15-40)55(57(59)36-41)61-37-60(51-20-11-12-21-52(51)61)44-16-13-17-45(34-44)63-46-22-23-49-48-18-9-10-19-50(48)62(53(49)35-46)54-33-43(24-27-58-54)56(3,4)5/h6-36H,37H2,1-5H3. The van der Waals surface area contributed by atoms with Gasteiger partial charge in [0.25, 0.3) is 0 Å². The fourth-order valence-corrected chi connectivity index (χ4v) is 9.60. The summed E-state index contributed by atoms with van der Waals surface area (Å²) in [7, 11) is 0. The van der Waals surface area contributed by atoms with Crippen molar-refractivity contribution in [2.45, 2.75) is 40.0 Å². The molecule has 0 bridgehead atoms. The Kier molecular flexibility index (Phi) is 9.23. The lowest BCUT2D eigenvalue weighted by Crippen LogP contribution is -2.44. The van der Waals surface area contributed by atoms with Crippen LogP contribution in [0.3, 0.4) is 0 Å². The normalized spacial score (nSPS) is 14.8. The highest BCUT2D eigenvalue weighted by molar-refractivity contribution is 6.73. The van der Waals surface area contributed by atoms with Gasteiger partial charge >= 0.3 is 6.85 Å². The molecule has 0 aliphatic carbocycles. The maximum Gasteiger partial charge on any atom is 0.338 e. The van der Waals surface area contributed by atoms with E-state index in [-0.39, 0.29) is 12.3 Å². The molecule has 0 N–H and O–H groups in total. The van der Waals surface area contributed by atoms with Gasteiger partial charge in [-0.25, -0.2) is 4.98 Å². The first kappa shape index (κ1) is 38.4. The molecule has 0 radical (unpaired) electrons. The molecule has 0 fully saturated rings. The van der Waals surface area contributed by atoms with Crippen molar-refractivity contribution in [3.8, 4) is 17.3 Å². The fraction of sp³-hybridized carbons (Fsp3) is 0.125. The average Bonchev–Trinajstić information content (AvgIpc) is 3.84. The Morgan fingerprint density at radius 3 is 2.13 bits per heavy atom. The molecule has 11 rings (SSSR count). The Bertz CT molecular complexity index is 3200. The molecule has 3 aliphatic rings. The Hall–Kier alpha value is -7.51. The van der Waals surface area contributed by atoms with Crippen LogP contribution in [-0.2, 0) is 5.41 Å². The summed E-state index contributed by atoms with van der Waals surface area (Å²) in [6.07, 6.45) is 10.9. The van der Waals surface area contributed by atoms with Crippen molar-refractivity contribution >= 4 is 56.9 Å². The van der Waals surface area contributed by atoms with Crippen LogP contribution < -0.4 is 14.5 Å². The minimum absolute atomic E-state index is 0.00769. The number of para-hydroxylation sites is 3. The molecule has 0 unspecified atom stereocenters. The molecule has 63 heavy (non-hydrogen) atoms. The first-order chi connectivity index (χ1) is 30.7. The van der Waals surface area contributed by atoms with E-state index in [1.54, 1.807) is 0 Å². The number of aromatic nitrogens is 2. The molecule has 6 aromatic carbocycles. The molecule has 2 aromatic heterocycles. The van der Waals surface area contributed by atoms with Crippen LogP contribution in [0.15, 0.2) is 194 Å². The zero-order chi connectivity index (χ0) is 42.8. The Labute approximate surface area is 370 Å². The van der Waals surface area contributed by atoms with Gasteiger partial charge in [0.15, 0.2) is 0 Å². The van der Waals surface area contributed by atoms with Crippen molar-refractivity contribution in [3.05, 3.63) is 222 Å². The number of rotatable bonds is 7. The Morgan fingerprint density at radius 2 is 1.32 bits per heavy atom. The summed E-state index contributed by atoms with van der Waals surface area (Å²) in [4.78, 5) is 12.1. The molecule has 306 valence electrons. The predicted molar refractivity (Wildman–Crippen MR) is 263 cm³/mol. The summed E-state index contributed by atoms with van der Waals surface area (Å²) >= 11 is 0. The van der Waals surface area contributed by atoms with E-state index >= 15 is 0 Å². The third-order valence-corrected chi connectivity index (χ3v) is 12.6. The smallest absolute Gasteiger partial charge is 0.338 e. The monoisotopic (exact) mass is 817 g/mol. The summed E-state index contributed by atoms with van der Waals surface area (Å²) < 4.78 is 9.05. The van der Waals surface area contributed by atoms with Crippen molar-refractivity contribution in [2.75, 3.05) is 16.5 Å². The number of ether oxygens (including phenoxy) is 1. The van der Waals surface area contributed by atoms with E-state index in [1.807, 2.05) is 12.3 Å². The van der Waals surface area contributed by atoms with Crippen molar-refractivity contribution in [3.63, 3.8) is 0 Å². The number of anilines is 3. The largest absolute Gasteiger partial charge is 0.457 e. The summed E-state index contributed by atoms with van der Waals surface area (Å²) in [5, 5.41) is 2.35. The molecule has 6 nitrogen and oxygen atoms in total. The zero-order valence-electron chi connectivity index (χ0n) is 36.3. The van der Waals surface area contributed by atoms with Gasteiger partial charge in [-0.3, -0.25) is 4.57 Å². The fourth-order valence-electron chi connectivity index (χ4n) is 9.60. The van der Waals surface area contributed by atoms with Gasteiger partial charge in [-0.1, -0.05) is 123 Å². The van der Waals surface area contributed by atoms with Gasteiger partial charge in [0.05, 0.1) is 29.1 Å². The number of hydrogen-bond donors (Lipinski definition) is 0. The average molecular weight is 818 g/mol. The van der Waals surface area contributed by atoms with Crippen LogP contribution in [0.5, 0.6) is 11.5 Å². The van der Waals surface area contributed by atoms with Crippen LogP contribution in [0.25, 0.3) is 38.8 Å². The number of benzene rings is 6. The van der Waals surface area contributed by atoms with Gasteiger partial charge in [0.1, 0.15) is 17.3 Å². The molecule has 0 atom stereocenters. The third-order valence-electron chi connectivity index (χ3n) is 12.6. The molecule has 8 aromatic rings. The van der Waals surface area contributed by atoms with E-state index in [1.165, 1.54) is 55.6 Å². The van der Waals surface area contributed by atoms with E-state index in [0.717, 1.165) is 45.1 Å². The van der Waals surface area contributed by atoms with Gasteiger partial charge in [-0.2, -0.15) is 0 Å². The number of pyridine rings is 1. The lowest BCUT2D eigenvalue weighted by Gasteiger charge is -2.37. The van der Waals surface area contributed by atoms with E-state index < -0.39 is 0 Å². The molecule has 0 saturated carbocycles. The van der Waals surface area contributed by atoms with Crippen molar-refractivity contribution < 1.29 is 4.74 Å². The minimum atomic E-state index is -0.0228. The second kappa shape index (κ2) is 15.1. The number of aryl methyl sites for hydroxylation is 2. The van der Waals surface area contributed by atoms with Crippen LogP contribution in [0.4, 0.5) is 17.1 Å². The number of fused-ring (bicyclic) bond motifs is 5. The van der Waals surface area contributed by atoms with Gasteiger partial charge in [-0.15, -0.1) is 0 Å². The summed E-state index contributed by atoms with van der Waals surface area (Å²) in [5.74, 6) is 4.87. The van der Waals surface area contributed by atoms with Gasteiger partial charge in [-0.05, 0) is 126 Å². The Balaban J connectivity index is 0.967. The molecule has 7 heteroatoms. The highest BCUT2D eigenvalue weighted by Gasteiger charge is 2.39. The van der Waals surface area contributed by atoms with E-state index in [0.29, 0.717) is 6.67 Å². The van der Waals surface area contributed by atoms with E-state index in [9.17, 15) is 0 Å². The van der Waals surface area contributed by atoms with Gasteiger partial charge < -0.3 is 19.3 Å². The number of nitrogens with zero attached hydrogens (tertiary/aromatic N) is 5. The topological polar surface area (TPSA) is 36.8 Å². The lowest BCUT2D eigenvalue weighted by molar-refractivity contribution is 0.483. The second-order valence-electron chi connectivity index (χ2n) is 18.0. The van der Waals surface area contributed by atoms with Crippen molar-refractivity contribution in [1.29, 1.82) is 0 Å². The minimum Gasteiger partial charge on any atom is -0.457 e. The zero-order valence-corrected chi connectivity index (χ0v) is 36.3. The second-order valence-corrected chi connectivity index (χ2v) is 18.0. The quantitative estimate of drug-likeness (QED) is 0.150. The van der Waals surface area contributed by atoms with Crippen LogP contribution in [-0.4, -0.2) is 27.9 Å². The highest BCUT2D eigenvalue weighted by Crippen LogP contribution is 2.47. The lowest BCUT2D eigenvalue weighted by atomic mass is 9.51. The third kappa shape index (κ3) is 6.90. The van der Waals surface area contributed by atoms with E-state index in [2.05, 4.69) is 230 Å². The number of allylic oxidation sites excluding steroid dienone is 4. The highest BCUT2D eigenvalue weighted by atomic mass is 16.5. The predicted octanol–water partition coefficient (Wildman–Crippen LogP) is 13.7. The molecular weight excluding hydrogens is 769 g/mol. The first-order valence-corrected chi connectivity index (χ1v) is 21.8. The number of hydrogen-bond acceptors (Lipinski definition) is 5. The molecule has 0 amide bonds. The molecule has 5 heterocycles. The maximum absolute atomic E-state index is 6.78. The van der Waals surface area contributed by atoms with Gasteiger partial charge in [0, 0.05) is 40.4 Å². The van der Waals surface area contributed by atoms with Gasteiger partial charge in [0.2, 0.25) is 0 Å². The maximum atomic E-state index is 6.78. The summed E-state index contributed by atoms with van der Waals surface area (Å²) in [6.45, 7) is 11.7. The molecule has 0 spiro atoms. The van der Waals surface area contributed by atoms with Crippen LogP contribution >= 0.6 is 0 Å². The van der Waals surface area contributed by atoms with Crippen molar-refractivity contribution in [2.24, 2.45) is 0 Å². The molecule has 0 saturated heterocycles. The summed E-state index contributed by atoms with van der Waals surface area (Å²) in [5.41, 5.74) is 15.4. The first-order valence-electron chi connectivity index (χ1n) is 21.8. The van der Waals surface area contributed by atoms with Crippen LogP contribution in [0, 0.1) is 13.8 Å². The molecule has 3 aliphatic heterocycles.